The predicted octanol–water partition coefficient (Wildman–Crippen LogP) is 5.28. The number of thiazole rings is 1. The molecule has 4 nitrogen and oxygen atoms in total. The van der Waals surface area contributed by atoms with Crippen molar-refractivity contribution in [3.05, 3.63) is 51.4 Å². The minimum atomic E-state index is 0.391. The van der Waals surface area contributed by atoms with Crippen LogP contribution in [0, 0.1) is 27.7 Å². The second-order valence-corrected chi connectivity index (χ2v) is 6.90. The van der Waals surface area contributed by atoms with Gasteiger partial charge in [0.2, 0.25) is 0 Å². The van der Waals surface area contributed by atoms with Crippen LogP contribution in [-0.2, 0) is 0 Å². The van der Waals surface area contributed by atoms with Crippen LogP contribution >= 0.6 is 22.9 Å². The van der Waals surface area contributed by atoms with Crippen molar-refractivity contribution in [2.75, 3.05) is 0 Å². The molecule has 0 aliphatic carbocycles. The van der Waals surface area contributed by atoms with Crippen molar-refractivity contribution in [2.24, 2.45) is 0 Å². The van der Waals surface area contributed by atoms with Gasteiger partial charge in [-0.15, -0.1) is 11.3 Å². The molecule has 0 spiro atoms. The Balaban J connectivity index is 2.09. The summed E-state index contributed by atoms with van der Waals surface area (Å²) in [5.41, 5.74) is 3.80. The number of pyridine rings is 2. The zero-order chi connectivity index (χ0) is 16.6. The first-order chi connectivity index (χ1) is 10.9. The average Bonchev–Trinajstić information content (AvgIpc) is 2.82. The number of hydrogen-bond donors (Lipinski definition) is 0. The molecular formula is C17H16ClN3OS. The van der Waals surface area contributed by atoms with Crippen LogP contribution in [0.5, 0.6) is 11.5 Å². The van der Waals surface area contributed by atoms with Crippen molar-refractivity contribution in [2.45, 2.75) is 27.7 Å². The van der Waals surface area contributed by atoms with E-state index in [0.29, 0.717) is 16.7 Å². The molecule has 0 bridgehead atoms. The van der Waals surface area contributed by atoms with E-state index in [4.69, 9.17) is 21.3 Å². The first-order valence-electron chi connectivity index (χ1n) is 7.16. The summed E-state index contributed by atoms with van der Waals surface area (Å²) in [6.45, 7) is 8.05. The van der Waals surface area contributed by atoms with Crippen LogP contribution in [-0.4, -0.2) is 15.0 Å². The Morgan fingerprint density at radius 3 is 2.48 bits per heavy atom. The zero-order valence-corrected chi connectivity index (χ0v) is 14.9. The standard InChI is InChI=1S/C17H16ClN3OS/c1-9-7-14(22-13-5-6-19-15(18)8-13)16(20-10(9)2)17-21-11(3)12(4)23-17/h5-8H,1-4H3. The molecule has 0 saturated carbocycles. The van der Waals surface area contributed by atoms with E-state index < -0.39 is 0 Å². The highest BCUT2D eigenvalue weighted by Gasteiger charge is 2.16. The van der Waals surface area contributed by atoms with Crippen LogP contribution in [0.15, 0.2) is 24.4 Å². The number of rotatable bonds is 3. The third kappa shape index (κ3) is 3.35. The highest BCUT2D eigenvalue weighted by Crippen LogP contribution is 2.36. The third-order valence-corrected chi connectivity index (χ3v) is 4.87. The molecule has 0 amide bonds. The summed E-state index contributed by atoms with van der Waals surface area (Å²) in [5, 5.41) is 1.25. The molecule has 0 N–H and O–H groups in total. The molecule has 0 atom stereocenters. The largest absolute Gasteiger partial charge is 0.455 e. The van der Waals surface area contributed by atoms with Gasteiger partial charge >= 0.3 is 0 Å². The molecule has 0 radical (unpaired) electrons. The Bertz CT molecular complexity index is 857. The smallest absolute Gasteiger partial charge is 0.156 e. The highest BCUT2D eigenvalue weighted by molar-refractivity contribution is 7.15. The summed E-state index contributed by atoms with van der Waals surface area (Å²) >= 11 is 7.55. The number of nitrogens with zero attached hydrogens (tertiary/aromatic N) is 3. The second kappa shape index (κ2) is 6.26. The van der Waals surface area contributed by atoms with E-state index in [1.807, 2.05) is 26.8 Å². The Morgan fingerprint density at radius 2 is 1.83 bits per heavy atom. The lowest BCUT2D eigenvalue weighted by Gasteiger charge is -2.11. The van der Waals surface area contributed by atoms with E-state index >= 15 is 0 Å². The van der Waals surface area contributed by atoms with Crippen LogP contribution in [0.1, 0.15) is 21.8 Å². The monoisotopic (exact) mass is 345 g/mol. The van der Waals surface area contributed by atoms with E-state index in [0.717, 1.165) is 27.7 Å². The van der Waals surface area contributed by atoms with Gasteiger partial charge in [0.25, 0.3) is 0 Å². The number of halogens is 1. The molecule has 6 heteroatoms. The lowest BCUT2D eigenvalue weighted by atomic mass is 10.2. The summed E-state index contributed by atoms with van der Waals surface area (Å²) in [7, 11) is 0. The van der Waals surface area contributed by atoms with E-state index in [2.05, 4.69) is 16.9 Å². The van der Waals surface area contributed by atoms with Crippen LogP contribution in [0.2, 0.25) is 5.15 Å². The summed E-state index contributed by atoms with van der Waals surface area (Å²) < 4.78 is 6.01. The molecular weight excluding hydrogens is 330 g/mol. The van der Waals surface area contributed by atoms with Gasteiger partial charge in [-0.05, 0) is 45.4 Å². The van der Waals surface area contributed by atoms with E-state index in [1.165, 1.54) is 4.88 Å². The molecule has 3 rings (SSSR count). The van der Waals surface area contributed by atoms with Crippen molar-refractivity contribution in [1.82, 2.24) is 15.0 Å². The number of ether oxygens (including phenoxy) is 1. The van der Waals surface area contributed by atoms with Crippen molar-refractivity contribution in [3.63, 3.8) is 0 Å². The highest BCUT2D eigenvalue weighted by atomic mass is 35.5. The minimum absolute atomic E-state index is 0.391. The van der Waals surface area contributed by atoms with Crippen LogP contribution in [0.25, 0.3) is 10.7 Å². The lowest BCUT2D eigenvalue weighted by Crippen LogP contribution is -1.96. The van der Waals surface area contributed by atoms with E-state index in [9.17, 15) is 0 Å². The molecule has 0 saturated heterocycles. The van der Waals surface area contributed by atoms with Gasteiger partial charge in [-0.1, -0.05) is 11.6 Å². The Labute approximate surface area is 144 Å². The first-order valence-corrected chi connectivity index (χ1v) is 8.35. The number of aryl methyl sites for hydroxylation is 4. The Morgan fingerprint density at radius 1 is 1.04 bits per heavy atom. The molecule has 3 heterocycles. The van der Waals surface area contributed by atoms with Crippen LogP contribution in [0.4, 0.5) is 0 Å². The third-order valence-electron chi connectivity index (χ3n) is 3.59. The zero-order valence-electron chi connectivity index (χ0n) is 13.3. The summed E-state index contributed by atoms with van der Waals surface area (Å²) in [5.74, 6) is 1.30. The fourth-order valence-electron chi connectivity index (χ4n) is 2.06. The number of aromatic nitrogens is 3. The fourth-order valence-corrected chi connectivity index (χ4v) is 3.13. The number of hydrogen-bond acceptors (Lipinski definition) is 5. The topological polar surface area (TPSA) is 47.9 Å². The van der Waals surface area contributed by atoms with Gasteiger partial charge in [0, 0.05) is 22.8 Å². The summed E-state index contributed by atoms with van der Waals surface area (Å²) in [4.78, 5) is 14.4. The van der Waals surface area contributed by atoms with Gasteiger partial charge in [-0.25, -0.2) is 15.0 Å². The maximum Gasteiger partial charge on any atom is 0.156 e. The summed E-state index contributed by atoms with van der Waals surface area (Å²) in [6, 6.07) is 5.43. The lowest BCUT2D eigenvalue weighted by molar-refractivity contribution is 0.481. The van der Waals surface area contributed by atoms with Crippen LogP contribution in [0.3, 0.4) is 0 Å². The second-order valence-electron chi connectivity index (χ2n) is 5.31. The van der Waals surface area contributed by atoms with Gasteiger partial charge in [-0.2, -0.15) is 0 Å². The predicted molar refractivity (Wildman–Crippen MR) is 93.6 cm³/mol. The molecule has 23 heavy (non-hydrogen) atoms. The molecule has 118 valence electrons. The van der Waals surface area contributed by atoms with Crippen molar-refractivity contribution in [3.8, 4) is 22.2 Å². The van der Waals surface area contributed by atoms with Crippen molar-refractivity contribution in [1.29, 1.82) is 0 Å². The molecule has 0 aromatic carbocycles. The van der Waals surface area contributed by atoms with Gasteiger partial charge in [-0.3, -0.25) is 0 Å². The van der Waals surface area contributed by atoms with Gasteiger partial charge < -0.3 is 4.74 Å². The van der Waals surface area contributed by atoms with Crippen molar-refractivity contribution >= 4 is 22.9 Å². The molecule has 0 unspecified atom stereocenters. The van der Waals surface area contributed by atoms with E-state index in [-0.39, 0.29) is 0 Å². The maximum absolute atomic E-state index is 6.01. The van der Waals surface area contributed by atoms with Gasteiger partial charge in [0.15, 0.2) is 5.75 Å². The quantitative estimate of drug-likeness (QED) is 0.606. The first kappa shape index (κ1) is 15.9. The summed E-state index contributed by atoms with van der Waals surface area (Å²) in [6.07, 6.45) is 1.61. The minimum Gasteiger partial charge on any atom is -0.455 e. The Kier molecular flexibility index (Phi) is 4.33. The average molecular weight is 346 g/mol. The van der Waals surface area contributed by atoms with Crippen molar-refractivity contribution < 1.29 is 4.74 Å². The van der Waals surface area contributed by atoms with Gasteiger partial charge in [0.1, 0.15) is 21.6 Å². The maximum atomic E-state index is 6.01. The molecule has 3 aromatic heterocycles. The fraction of sp³-hybridized carbons (Fsp3) is 0.235. The SMILES string of the molecule is Cc1cc(Oc2ccnc(Cl)c2)c(-c2nc(C)c(C)s2)nc1C. The van der Waals surface area contributed by atoms with Crippen LogP contribution < -0.4 is 4.74 Å². The molecule has 0 aliphatic heterocycles. The normalized spacial score (nSPS) is 10.8. The Hall–Kier alpha value is -1.98. The molecule has 0 aliphatic rings. The molecule has 0 fully saturated rings. The van der Waals surface area contributed by atoms with Gasteiger partial charge in [0.05, 0.1) is 5.69 Å². The van der Waals surface area contributed by atoms with E-state index in [1.54, 1.807) is 29.7 Å². The molecule has 3 aromatic rings.